The van der Waals surface area contributed by atoms with Crippen LogP contribution in [0, 0.1) is 11.2 Å². The van der Waals surface area contributed by atoms with Crippen LogP contribution in [0.3, 0.4) is 0 Å². The van der Waals surface area contributed by atoms with E-state index >= 15 is 0 Å². The molecule has 0 radical (unpaired) electrons. The molecule has 1 aromatic carbocycles. The Bertz CT molecular complexity index is 614. The molecule has 3 atom stereocenters. The van der Waals surface area contributed by atoms with E-state index in [1.54, 1.807) is 18.2 Å². The second-order valence-corrected chi connectivity index (χ2v) is 7.13. The summed E-state index contributed by atoms with van der Waals surface area (Å²) in [4.78, 5) is 12.6. The van der Waals surface area contributed by atoms with E-state index in [0.717, 1.165) is 0 Å². The lowest BCUT2D eigenvalue weighted by molar-refractivity contribution is -0.170. The molecule has 1 aliphatic carbocycles. The first-order chi connectivity index (χ1) is 11.8. The zero-order chi connectivity index (χ0) is 18.7. The molecule has 1 aliphatic rings. The monoisotopic (exact) mass is 388 g/mol. The van der Waals surface area contributed by atoms with Crippen LogP contribution in [0.1, 0.15) is 40.5 Å². The third kappa shape index (κ3) is 4.30. The van der Waals surface area contributed by atoms with Crippen LogP contribution in [0.2, 0.25) is 0 Å². The third-order valence-corrected chi connectivity index (χ3v) is 5.31. The number of amides is 1. The van der Waals surface area contributed by atoms with Crippen molar-refractivity contribution in [3.63, 3.8) is 0 Å². The van der Waals surface area contributed by atoms with Gasteiger partial charge in [0.2, 0.25) is 5.91 Å². The Morgan fingerprint density at radius 2 is 2.04 bits per heavy atom. The average molecular weight is 389 g/mol. The van der Waals surface area contributed by atoms with E-state index in [2.05, 4.69) is 5.32 Å². The number of nitrogens with two attached hydrogens (primary N) is 1. The molecular weight excluding hydrogens is 359 g/mol. The van der Waals surface area contributed by atoms with Crippen LogP contribution in [0.4, 0.5) is 4.39 Å². The fourth-order valence-electron chi connectivity index (χ4n) is 3.17. The molecule has 0 saturated heterocycles. The van der Waals surface area contributed by atoms with Crippen LogP contribution in [0.15, 0.2) is 24.3 Å². The van der Waals surface area contributed by atoms with E-state index < -0.39 is 16.8 Å². The minimum Gasteiger partial charge on any atom is -0.486 e. The van der Waals surface area contributed by atoms with Gasteiger partial charge in [0.1, 0.15) is 11.6 Å². The second kappa shape index (κ2) is 9.02. The molecule has 0 spiro atoms. The predicted molar refractivity (Wildman–Crippen MR) is 102 cm³/mol. The molecule has 1 fully saturated rings. The summed E-state index contributed by atoms with van der Waals surface area (Å²) in [5, 5.41) is 2.87. The topological polar surface area (TPSA) is 73.6 Å². The molecule has 5 nitrogen and oxygen atoms in total. The molecule has 1 amide bonds. The van der Waals surface area contributed by atoms with Gasteiger partial charge in [0.15, 0.2) is 11.6 Å². The Morgan fingerprint density at radius 3 is 2.58 bits per heavy atom. The highest BCUT2D eigenvalue weighted by atomic mass is 35.5. The largest absolute Gasteiger partial charge is 0.486 e. The van der Waals surface area contributed by atoms with E-state index in [9.17, 15) is 9.18 Å². The number of hydrogen-bond acceptors (Lipinski definition) is 4. The zero-order valence-corrected chi connectivity index (χ0v) is 16.7. The number of para-hydroxylation sites is 1. The van der Waals surface area contributed by atoms with Crippen molar-refractivity contribution in [1.82, 2.24) is 5.32 Å². The van der Waals surface area contributed by atoms with Gasteiger partial charge in [-0.1, -0.05) is 32.9 Å². The highest BCUT2D eigenvalue weighted by Crippen LogP contribution is 2.49. The molecule has 1 aromatic rings. The maximum absolute atomic E-state index is 13.7. The lowest BCUT2D eigenvalue weighted by Crippen LogP contribution is -2.76. The number of benzene rings is 1. The van der Waals surface area contributed by atoms with Crippen molar-refractivity contribution in [2.75, 3.05) is 13.2 Å². The fraction of sp³-hybridized carbons (Fsp3) is 0.632. The van der Waals surface area contributed by atoms with Crippen molar-refractivity contribution in [3.05, 3.63) is 30.1 Å². The van der Waals surface area contributed by atoms with Crippen LogP contribution >= 0.6 is 12.4 Å². The Morgan fingerprint density at radius 1 is 1.38 bits per heavy atom. The molecule has 0 bridgehead atoms. The molecule has 7 heteroatoms. The number of ether oxygens (including phenoxy) is 2. The minimum absolute atomic E-state index is 0. The first-order valence-corrected chi connectivity index (χ1v) is 8.86. The van der Waals surface area contributed by atoms with Crippen LogP contribution in [0.5, 0.6) is 5.75 Å². The quantitative estimate of drug-likeness (QED) is 0.717. The molecular formula is C19H30ClFN2O3. The van der Waals surface area contributed by atoms with Crippen molar-refractivity contribution in [2.45, 2.75) is 58.3 Å². The minimum atomic E-state index is -0.969. The Hall–Kier alpha value is -1.37. The normalized spacial score (nSPS) is 24.8. The number of nitrogens with one attached hydrogen (secondary N) is 1. The lowest BCUT2D eigenvalue weighted by Gasteiger charge is -2.57. The van der Waals surface area contributed by atoms with Crippen molar-refractivity contribution in [3.8, 4) is 5.75 Å². The molecule has 3 unspecified atom stereocenters. The first kappa shape index (κ1) is 22.7. The number of carbonyl (C=O) groups excluding carboxylic acids is 1. The van der Waals surface area contributed by atoms with Gasteiger partial charge in [-0.3, -0.25) is 4.79 Å². The van der Waals surface area contributed by atoms with Gasteiger partial charge >= 0.3 is 0 Å². The lowest BCUT2D eigenvalue weighted by atomic mass is 9.54. The summed E-state index contributed by atoms with van der Waals surface area (Å²) in [6, 6.07) is 6.24. The standard InChI is InChI=1S/C19H29FN2O3.ClH/c1-5-13(25-15-10-8-7-9-14(15)20)12-22-17(23)19(21)11-16(24-6-2)18(19,3)4;/h7-10,13,16H,5-6,11-12,21H2,1-4H3,(H,22,23);1H. The highest BCUT2D eigenvalue weighted by Gasteiger charge is 2.62. The Labute approximate surface area is 161 Å². The summed E-state index contributed by atoms with van der Waals surface area (Å²) in [5.74, 6) is -0.447. The number of hydrogen-bond donors (Lipinski definition) is 2. The van der Waals surface area contributed by atoms with Crippen LogP contribution in [0.25, 0.3) is 0 Å². The number of carbonyl (C=O) groups is 1. The SMILES string of the molecule is CCOC1CC(N)(C(=O)NCC(CC)Oc2ccccc2F)C1(C)C.Cl. The molecule has 0 aliphatic heterocycles. The van der Waals surface area contributed by atoms with E-state index in [0.29, 0.717) is 19.4 Å². The van der Waals surface area contributed by atoms with Crippen LogP contribution < -0.4 is 15.8 Å². The summed E-state index contributed by atoms with van der Waals surface area (Å²) >= 11 is 0. The highest BCUT2D eigenvalue weighted by molar-refractivity contribution is 5.88. The van der Waals surface area contributed by atoms with Gasteiger partial charge in [0, 0.05) is 18.4 Å². The molecule has 0 aromatic heterocycles. The van der Waals surface area contributed by atoms with Crippen molar-refractivity contribution >= 4 is 18.3 Å². The van der Waals surface area contributed by atoms with E-state index in [4.69, 9.17) is 15.2 Å². The molecule has 3 N–H and O–H groups in total. The van der Waals surface area contributed by atoms with Gasteiger partial charge in [-0.2, -0.15) is 0 Å². The summed E-state index contributed by atoms with van der Waals surface area (Å²) in [6.07, 6.45) is 0.780. The second-order valence-electron chi connectivity index (χ2n) is 7.13. The smallest absolute Gasteiger partial charge is 0.240 e. The van der Waals surface area contributed by atoms with Gasteiger partial charge in [0.05, 0.1) is 12.6 Å². The number of rotatable bonds is 8. The predicted octanol–water partition coefficient (Wildman–Crippen LogP) is 3.05. The number of halogens is 2. The van der Waals surface area contributed by atoms with Crippen molar-refractivity contribution in [1.29, 1.82) is 0 Å². The summed E-state index contributed by atoms with van der Waals surface area (Å²) in [5.41, 5.74) is 4.94. The van der Waals surface area contributed by atoms with E-state index in [1.807, 2.05) is 27.7 Å². The van der Waals surface area contributed by atoms with Crippen LogP contribution in [-0.2, 0) is 9.53 Å². The first-order valence-electron chi connectivity index (χ1n) is 8.86. The Kier molecular flexibility index (Phi) is 7.86. The van der Waals surface area contributed by atoms with E-state index in [1.165, 1.54) is 6.07 Å². The van der Waals surface area contributed by atoms with Gasteiger partial charge in [-0.25, -0.2) is 4.39 Å². The Balaban J connectivity index is 0.00000338. The van der Waals surface area contributed by atoms with Crippen LogP contribution in [-0.4, -0.2) is 36.8 Å². The van der Waals surface area contributed by atoms with Crippen molar-refractivity contribution < 1.29 is 18.7 Å². The molecule has 2 rings (SSSR count). The summed E-state index contributed by atoms with van der Waals surface area (Å²) in [7, 11) is 0. The van der Waals surface area contributed by atoms with E-state index in [-0.39, 0.29) is 42.8 Å². The summed E-state index contributed by atoms with van der Waals surface area (Å²) < 4.78 is 25.0. The maximum Gasteiger partial charge on any atom is 0.240 e. The molecule has 148 valence electrons. The molecule has 26 heavy (non-hydrogen) atoms. The summed E-state index contributed by atoms with van der Waals surface area (Å²) in [6.45, 7) is 8.62. The average Bonchev–Trinajstić information content (AvgIpc) is 2.59. The molecule has 0 heterocycles. The maximum atomic E-state index is 13.7. The van der Waals surface area contributed by atoms with Gasteiger partial charge < -0.3 is 20.5 Å². The zero-order valence-electron chi connectivity index (χ0n) is 15.9. The van der Waals surface area contributed by atoms with Gasteiger partial charge in [-0.05, 0) is 25.5 Å². The third-order valence-electron chi connectivity index (χ3n) is 5.31. The van der Waals surface area contributed by atoms with Gasteiger partial charge in [0.25, 0.3) is 0 Å². The van der Waals surface area contributed by atoms with Gasteiger partial charge in [-0.15, -0.1) is 12.4 Å². The van der Waals surface area contributed by atoms with Crippen molar-refractivity contribution in [2.24, 2.45) is 11.1 Å². The molecule has 1 saturated carbocycles. The fourth-order valence-corrected chi connectivity index (χ4v) is 3.17.